The van der Waals surface area contributed by atoms with E-state index in [2.05, 4.69) is 0 Å². The minimum absolute atomic E-state index is 0.366. The Hall–Kier alpha value is -0.0500. The van der Waals surface area contributed by atoms with Gasteiger partial charge in [-0.3, -0.25) is 0 Å². The molecule has 0 spiro atoms. The maximum Gasteiger partial charge on any atom is 0.0662 e. The molecular formula is C7H12ClNO. The molecule has 3 heteroatoms. The first-order valence-corrected chi connectivity index (χ1v) is 3.89. The summed E-state index contributed by atoms with van der Waals surface area (Å²) in [5.74, 6) is 0. The lowest BCUT2D eigenvalue weighted by Crippen LogP contribution is -2.41. The molecule has 1 saturated carbocycles. The third-order valence-corrected chi connectivity index (χ3v) is 1.83. The van der Waals surface area contributed by atoms with Crippen molar-refractivity contribution in [3.05, 3.63) is 11.6 Å². The number of hydrogen-bond acceptors (Lipinski definition) is 2. The summed E-state index contributed by atoms with van der Waals surface area (Å²) in [6.45, 7) is 0.612. The van der Waals surface area contributed by atoms with Crippen LogP contribution in [0.2, 0.25) is 0 Å². The summed E-state index contributed by atoms with van der Waals surface area (Å²) in [5.41, 5.74) is 7.02. The van der Waals surface area contributed by atoms with Gasteiger partial charge in [0.2, 0.25) is 0 Å². The van der Waals surface area contributed by atoms with Gasteiger partial charge in [-0.05, 0) is 18.9 Å². The molecule has 0 aromatic rings. The van der Waals surface area contributed by atoms with Crippen LogP contribution in [0, 0.1) is 0 Å². The van der Waals surface area contributed by atoms with Gasteiger partial charge in [0.25, 0.3) is 0 Å². The SMILES string of the molecule is NC1CC(OCC=CCl)C1. The average molecular weight is 162 g/mol. The van der Waals surface area contributed by atoms with Gasteiger partial charge in [-0.15, -0.1) is 0 Å². The first kappa shape index (κ1) is 8.05. The molecule has 0 saturated heterocycles. The van der Waals surface area contributed by atoms with E-state index in [9.17, 15) is 0 Å². The second-order valence-electron chi connectivity index (χ2n) is 2.55. The molecule has 0 aliphatic heterocycles. The molecule has 1 aliphatic rings. The molecule has 1 aliphatic carbocycles. The van der Waals surface area contributed by atoms with Gasteiger partial charge in [0, 0.05) is 11.6 Å². The Kier molecular flexibility index (Phi) is 3.19. The smallest absolute Gasteiger partial charge is 0.0662 e. The van der Waals surface area contributed by atoms with Gasteiger partial charge in [0.15, 0.2) is 0 Å². The molecule has 58 valence electrons. The van der Waals surface area contributed by atoms with Crippen LogP contribution in [0.5, 0.6) is 0 Å². The van der Waals surface area contributed by atoms with Gasteiger partial charge in [0.05, 0.1) is 12.7 Å². The van der Waals surface area contributed by atoms with E-state index >= 15 is 0 Å². The molecule has 1 rings (SSSR count). The Morgan fingerprint density at radius 3 is 2.80 bits per heavy atom. The zero-order valence-electron chi connectivity index (χ0n) is 5.79. The third kappa shape index (κ3) is 2.29. The van der Waals surface area contributed by atoms with Crippen LogP contribution in [0.15, 0.2) is 11.6 Å². The molecule has 0 atom stereocenters. The fourth-order valence-corrected chi connectivity index (χ4v) is 1.04. The molecule has 0 aromatic carbocycles. The van der Waals surface area contributed by atoms with Crippen LogP contribution in [0.4, 0.5) is 0 Å². The van der Waals surface area contributed by atoms with Crippen LogP contribution < -0.4 is 5.73 Å². The fraction of sp³-hybridized carbons (Fsp3) is 0.714. The monoisotopic (exact) mass is 161 g/mol. The van der Waals surface area contributed by atoms with Crippen molar-refractivity contribution in [1.29, 1.82) is 0 Å². The topological polar surface area (TPSA) is 35.2 Å². The van der Waals surface area contributed by atoms with Crippen LogP contribution >= 0.6 is 11.6 Å². The van der Waals surface area contributed by atoms with E-state index in [4.69, 9.17) is 22.1 Å². The summed E-state index contributed by atoms with van der Waals surface area (Å²) in [5, 5.41) is 0. The molecule has 0 heterocycles. The first-order chi connectivity index (χ1) is 4.83. The zero-order chi connectivity index (χ0) is 7.40. The molecule has 0 bridgehead atoms. The Morgan fingerprint density at radius 1 is 1.60 bits per heavy atom. The quantitative estimate of drug-likeness (QED) is 0.676. The van der Waals surface area contributed by atoms with E-state index in [1.165, 1.54) is 5.54 Å². The zero-order valence-corrected chi connectivity index (χ0v) is 6.55. The molecule has 0 radical (unpaired) electrons. The van der Waals surface area contributed by atoms with Crippen molar-refractivity contribution in [1.82, 2.24) is 0 Å². The standard InChI is InChI=1S/C7H12ClNO/c8-2-1-3-10-7-4-6(9)5-7/h1-2,6-7H,3-5,9H2. The highest BCUT2D eigenvalue weighted by Gasteiger charge is 2.25. The van der Waals surface area contributed by atoms with Gasteiger partial charge >= 0.3 is 0 Å². The average Bonchev–Trinajstić information content (AvgIpc) is 1.85. The number of nitrogens with two attached hydrogens (primary N) is 1. The summed E-state index contributed by atoms with van der Waals surface area (Å²) in [6.07, 6.45) is 4.15. The summed E-state index contributed by atoms with van der Waals surface area (Å²) in [7, 11) is 0. The second kappa shape index (κ2) is 3.96. The van der Waals surface area contributed by atoms with Crippen molar-refractivity contribution in [2.45, 2.75) is 25.0 Å². The molecule has 2 N–H and O–H groups in total. The molecule has 10 heavy (non-hydrogen) atoms. The largest absolute Gasteiger partial charge is 0.374 e. The van der Waals surface area contributed by atoms with E-state index in [1.807, 2.05) is 0 Å². The maximum atomic E-state index is 5.55. The van der Waals surface area contributed by atoms with Crippen molar-refractivity contribution < 1.29 is 4.74 Å². The summed E-state index contributed by atoms with van der Waals surface area (Å²) in [6, 6.07) is 0.366. The predicted molar refractivity (Wildman–Crippen MR) is 41.9 cm³/mol. The van der Waals surface area contributed by atoms with Gasteiger partial charge in [0.1, 0.15) is 0 Å². The predicted octanol–water partition coefficient (Wildman–Crippen LogP) is 1.25. The molecule has 1 fully saturated rings. The summed E-state index contributed by atoms with van der Waals surface area (Å²) in [4.78, 5) is 0. The van der Waals surface area contributed by atoms with Crippen molar-refractivity contribution in [3.63, 3.8) is 0 Å². The normalized spacial score (nSPS) is 32.6. The summed E-state index contributed by atoms with van der Waals surface area (Å²) < 4.78 is 5.34. The van der Waals surface area contributed by atoms with Gasteiger partial charge in [-0.1, -0.05) is 11.6 Å². The lowest BCUT2D eigenvalue weighted by molar-refractivity contribution is 0.00707. The highest BCUT2D eigenvalue weighted by atomic mass is 35.5. The van der Waals surface area contributed by atoms with Crippen molar-refractivity contribution in [2.24, 2.45) is 5.73 Å². The lowest BCUT2D eigenvalue weighted by atomic mass is 9.90. The first-order valence-electron chi connectivity index (χ1n) is 3.45. The van der Waals surface area contributed by atoms with Gasteiger partial charge < -0.3 is 10.5 Å². The molecule has 0 aromatic heterocycles. The lowest BCUT2D eigenvalue weighted by Gasteiger charge is -2.31. The number of halogens is 1. The van der Waals surface area contributed by atoms with E-state index in [0.717, 1.165) is 12.8 Å². The van der Waals surface area contributed by atoms with Gasteiger partial charge in [-0.25, -0.2) is 0 Å². The minimum atomic E-state index is 0.366. The van der Waals surface area contributed by atoms with Gasteiger partial charge in [-0.2, -0.15) is 0 Å². The third-order valence-electron chi connectivity index (χ3n) is 1.65. The Labute approximate surface area is 66.0 Å². The van der Waals surface area contributed by atoms with E-state index in [-0.39, 0.29) is 0 Å². The van der Waals surface area contributed by atoms with Crippen LogP contribution in [0.1, 0.15) is 12.8 Å². The minimum Gasteiger partial charge on any atom is -0.374 e. The van der Waals surface area contributed by atoms with E-state index < -0.39 is 0 Å². The fourth-order valence-electron chi connectivity index (χ4n) is 0.970. The van der Waals surface area contributed by atoms with E-state index in [1.54, 1.807) is 6.08 Å². The second-order valence-corrected chi connectivity index (χ2v) is 2.80. The summed E-state index contributed by atoms with van der Waals surface area (Å²) >= 11 is 5.29. The van der Waals surface area contributed by atoms with Crippen molar-refractivity contribution in [2.75, 3.05) is 6.61 Å². The molecule has 0 unspecified atom stereocenters. The van der Waals surface area contributed by atoms with E-state index in [0.29, 0.717) is 18.8 Å². The number of hydrogen-bond donors (Lipinski definition) is 1. The van der Waals surface area contributed by atoms with Crippen LogP contribution in [0.25, 0.3) is 0 Å². The van der Waals surface area contributed by atoms with Crippen LogP contribution in [-0.2, 0) is 4.74 Å². The molecule has 0 amide bonds. The number of ether oxygens (including phenoxy) is 1. The Bertz CT molecular complexity index is 121. The highest BCUT2D eigenvalue weighted by molar-refractivity contribution is 6.25. The Balaban J connectivity index is 1.95. The van der Waals surface area contributed by atoms with Crippen LogP contribution in [-0.4, -0.2) is 18.8 Å². The van der Waals surface area contributed by atoms with Crippen molar-refractivity contribution >= 4 is 11.6 Å². The Morgan fingerprint density at radius 2 is 2.30 bits per heavy atom. The highest BCUT2D eigenvalue weighted by Crippen LogP contribution is 2.20. The van der Waals surface area contributed by atoms with Crippen molar-refractivity contribution in [3.8, 4) is 0 Å². The van der Waals surface area contributed by atoms with Crippen LogP contribution in [0.3, 0.4) is 0 Å². The maximum absolute atomic E-state index is 5.55. The molecule has 2 nitrogen and oxygen atoms in total. The molecular weight excluding hydrogens is 150 g/mol. The number of rotatable bonds is 3.